The lowest BCUT2D eigenvalue weighted by Gasteiger charge is -2.21. The minimum atomic E-state index is -0.298. The normalized spacial score (nSPS) is 10.2. The SMILES string of the molecule is CCN(CC)c1ccc(NC(=S)NC(=O)COc2cc(C)ccc2C)cc1. The molecule has 0 saturated heterocycles. The lowest BCUT2D eigenvalue weighted by molar-refractivity contribution is -0.121. The highest BCUT2D eigenvalue weighted by Gasteiger charge is 2.08. The average molecular weight is 386 g/mol. The van der Waals surface area contributed by atoms with Crippen molar-refractivity contribution >= 4 is 34.6 Å². The van der Waals surface area contributed by atoms with Gasteiger partial charge in [0.15, 0.2) is 11.7 Å². The van der Waals surface area contributed by atoms with E-state index in [9.17, 15) is 4.79 Å². The van der Waals surface area contributed by atoms with Crippen molar-refractivity contribution in [2.45, 2.75) is 27.7 Å². The Labute approximate surface area is 166 Å². The minimum absolute atomic E-state index is 0.0903. The molecule has 2 aromatic carbocycles. The Morgan fingerprint density at radius 2 is 1.74 bits per heavy atom. The molecule has 1 amide bonds. The fourth-order valence-corrected chi connectivity index (χ4v) is 2.91. The van der Waals surface area contributed by atoms with E-state index < -0.39 is 0 Å². The van der Waals surface area contributed by atoms with Gasteiger partial charge in [-0.25, -0.2) is 0 Å². The summed E-state index contributed by atoms with van der Waals surface area (Å²) >= 11 is 5.21. The Hall–Kier alpha value is -2.60. The van der Waals surface area contributed by atoms with Crippen molar-refractivity contribution in [1.82, 2.24) is 5.32 Å². The Bertz CT molecular complexity index is 787. The predicted molar refractivity (Wildman–Crippen MR) is 116 cm³/mol. The molecule has 0 aliphatic rings. The lowest BCUT2D eigenvalue weighted by atomic mass is 10.1. The number of benzene rings is 2. The maximum atomic E-state index is 12.1. The molecule has 0 saturated carbocycles. The van der Waals surface area contributed by atoms with Crippen LogP contribution in [0.15, 0.2) is 42.5 Å². The van der Waals surface area contributed by atoms with Crippen LogP contribution in [-0.4, -0.2) is 30.7 Å². The second kappa shape index (κ2) is 9.92. The van der Waals surface area contributed by atoms with E-state index >= 15 is 0 Å². The van der Waals surface area contributed by atoms with Crippen LogP contribution in [0.4, 0.5) is 11.4 Å². The lowest BCUT2D eigenvalue weighted by Crippen LogP contribution is -2.37. The number of nitrogens with zero attached hydrogens (tertiary/aromatic N) is 1. The van der Waals surface area contributed by atoms with E-state index in [4.69, 9.17) is 17.0 Å². The molecule has 0 unspecified atom stereocenters. The number of ether oxygens (including phenoxy) is 1. The highest BCUT2D eigenvalue weighted by atomic mass is 32.1. The zero-order valence-electron chi connectivity index (χ0n) is 16.3. The van der Waals surface area contributed by atoms with E-state index in [0.717, 1.165) is 35.6 Å². The number of aryl methyl sites for hydroxylation is 2. The van der Waals surface area contributed by atoms with E-state index in [1.54, 1.807) is 0 Å². The number of carbonyl (C=O) groups is 1. The monoisotopic (exact) mass is 385 g/mol. The molecule has 0 radical (unpaired) electrons. The van der Waals surface area contributed by atoms with Gasteiger partial charge in [0.1, 0.15) is 5.75 Å². The first-order chi connectivity index (χ1) is 12.9. The van der Waals surface area contributed by atoms with Gasteiger partial charge in [-0.3, -0.25) is 10.1 Å². The number of carbonyl (C=O) groups excluding carboxylic acids is 1. The van der Waals surface area contributed by atoms with Gasteiger partial charge >= 0.3 is 0 Å². The third-order valence-electron chi connectivity index (χ3n) is 4.21. The molecular formula is C21H27N3O2S. The summed E-state index contributed by atoms with van der Waals surface area (Å²) in [5.74, 6) is 0.407. The topological polar surface area (TPSA) is 53.6 Å². The highest BCUT2D eigenvalue weighted by Crippen LogP contribution is 2.19. The summed E-state index contributed by atoms with van der Waals surface area (Å²) in [4.78, 5) is 14.3. The molecule has 0 bridgehead atoms. The molecule has 0 heterocycles. The molecule has 0 aromatic heterocycles. The standard InChI is InChI=1S/C21H27N3O2S/c1-5-24(6-2)18-11-9-17(10-12-18)22-21(27)23-20(25)14-26-19-13-15(3)7-8-16(19)4/h7-13H,5-6,14H2,1-4H3,(H2,22,23,25,27). The largest absolute Gasteiger partial charge is 0.483 e. The van der Waals surface area contributed by atoms with Crippen LogP contribution >= 0.6 is 12.2 Å². The summed E-state index contributed by atoms with van der Waals surface area (Å²) in [7, 11) is 0. The van der Waals surface area contributed by atoms with E-state index in [-0.39, 0.29) is 17.6 Å². The number of amides is 1. The first-order valence-electron chi connectivity index (χ1n) is 9.08. The van der Waals surface area contributed by atoms with Gasteiger partial charge < -0.3 is 15.0 Å². The molecule has 144 valence electrons. The average Bonchev–Trinajstić information content (AvgIpc) is 2.64. The zero-order chi connectivity index (χ0) is 19.8. The van der Waals surface area contributed by atoms with Gasteiger partial charge in [0, 0.05) is 24.5 Å². The second-order valence-electron chi connectivity index (χ2n) is 6.28. The van der Waals surface area contributed by atoms with Gasteiger partial charge in [-0.05, 0) is 81.4 Å². The first-order valence-corrected chi connectivity index (χ1v) is 9.49. The Balaban J connectivity index is 1.84. The molecule has 27 heavy (non-hydrogen) atoms. The van der Waals surface area contributed by atoms with E-state index in [0.29, 0.717) is 5.75 Å². The summed E-state index contributed by atoms with van der Waals surface area (Å²) in [5, 5.41) is 5.91. The van der Waals surface area contributed by atoms with Crippen molar-refractivity contribution in [2.75, 3.05) is 29.9 Å². The molecule has 5 nitrogen and oxygen atoms in total. The molecule has 2 N–H and O–H groups in total. The maximum Gasteiger partial charge on any atom is 0.264 e. The smallest absolute Gasteiger partial charge is 0.264 e. The van der Waals surface area contributed by atoms with E-state index in [1.807, 2.05) is 56.3 Å². The molecule has 6 heteroatoms. The van der Waals surface area contributed by atoms with Crippen LogP contribution in [0.5, 0.6) is 5.75 Å². The summed E-state index contributed by atoms with van der Waals surface area (Å²) in [6.45, 7) is 10.0. The van der Waals surface area contributed by atoms with Gasteiger partial charge in [-0.2, -0.15) is 0 Å². The third kappa shape index (κ3) is 6.25. The van der Waals surface area contributed by atoms with Crippen molar-refractivity contribution in [2.24, 2.45) is 0 Å². The van der Waals surface area contributed by atoms with Crippen molar-refractivity contribution in [3.05, 3.63) is 53.6 Å². The summed E-state index contributed by atoms with van der Waals surface area (Å²) in [6, 6.07) is 13.8. The minimum Gasteiger partial charge on any atom is -0.483 e. The van der Waals surface area contributed by atoms with Crippen LogP contribution in [0.1, 0.15) is 25.0 Å². The fourth-order valence-electron chi connectivity index (χ4n) is 2.68. The second-order valence-corrected chi connectivity index (χ2v) is 6.69. The van der Waals surface area contributed by atoms with Crippen molar-refractivity contribution in [3.8, 4) is 5.75 Å². The van der Waals surface area contributed by atoms with Gasteiger partial charge in [0.05, 0.1) is 0 Å². The van der Waals surface area contributed by atoms with Crippen LogP contribution in [0.3, 0.4) is 0 Å². The molecule has 2 rings (SSSR count). The third-order valence-corrected chi connectivity index (χ3v) is 4.41. The van der Waals surface area contributed by atoms with Gasteiger partial charge in [0.25, 0.3) is 5.91 Å². The van der Waals surface area contributed by atoms with Gasteiger partial charge in [0.2, 0.25) is 0 Å². The quantitative estimate of drug-likeness (QED) is 0.705. The number of hydrogen-bond acceptors (Lipinski definition) is 4. The predicted octanol–water partition coefficient (Wildman–Crippen LogP) is 4.04. The number of thiocarbonyl (C=S) groups is 1. The number of hydrogen-bond donors (Lipinski definition) is 2. The zero-order valence-corrected chi connectivity index (χ0v) is 17.2. The van der Waals surface area contributed by atoms with E-state index in [1.165, 1.54) is 0 Å². The van der Waals surface area contributed by atoms with Crippen molar-refractivity contribution in [3.63, 3.8) is 0 Å². The molecule has 0 aliphatic heterocycles. The van der Waals surface area contributed by atoms with Crippen LogP contribution in [-0.2, 0) is 4.79 Å². The van der Waals surface area contributed by atoms with Gasteiger partial charge in [-0.1, -0.05) is 12.1 Å². The van der Waals surface area contributed by atoms with E-state index in [2.05, 4.69) is 29.4 Å². The van der Waals surface area contributed by atoms with Crippen molar-refractivity contribution < 1.29 is 9.53 Å². The van der Waals surface area contributed by atoms with Crippen LogP contribution in [0.2, 0.25) is 0 Å². The van der Waals surface area contributed by atoms with Crippen molar-refractivity contribution in [1.29, 1.82) is 0 Å². The van der Waals surface area contributed by atoms with Crippen LogP contribution in [0.25, 0.3) is 0 Å². The maximum absolute atomic E-state index is 12.1. The Kier molecular flexibility index (Phi) is 7.61. The molecule has 2 aromatic rings. The molecule has 0 fully saturated rings. The number of anilines is 2. The highest BCUT2D eigenvalue weighted by molar-refractivity contribution is 7.80. The summed E-state index contributed by atoms with van der Waals surface area (Å²) in [5.41, 5.74) is 4.05. The Morgan fingerprint density at radius 1 is 1.07 bits per heavy atom. The van der Waals surface area contributed by atoms with Crippen LogP contribution in [0, 0.1) is 13.8 Å². The molecule has 0 atom stereocenters. The summed E-state index contributed by atoms with van der Waals surface area (Å²) in [6.07, 6.45) is 0. The van der Waals surface area contributed by atoms with Crippen LogP contribution < -0.4 is 20.3 Å². The molecular weight excluding hydrogens is 358 g/mol. The fraction of sp³-hybridized carbons (Fsp3) is 0.333. The summed E-state index contributed by atoms with van der Waals surface area (Å²) < 4.78 is 5.59. The number of rotatable bonds is 7. The molecule has 0 spiro atoms. The van der Waals surface area contributed by atoms with Gasteiger partial charge in [-0.15, -0.1) is 0 Å². The number of nitrogens with one attached hydrogen (secondary N) is 2. The molecule has 0 aliphatic carbocycles. The Morgan fingerprint density at radius 3 is 2.37 bits per heavy atom. The first kappa shape index (κ1) is 20.7.